The summed E-state index contributed by atoms with van der Waals surface area (Å²) in [6.45, 7) is 6.41. The molecule has 7 nitrogen and oxygen atoms in total. The maximum Gasteiger partial charge on any atom is 0.407 e. The van der Waals surface area contributed by atoms with Crippen LogP contribution in [-0.4, -0.2) is 50.8 Å². The number of rotatable bonds is 7. The average Bonchev–Trinajstić information content (AvgIpc) is 2.91. The molecule has 0 bridgehead atoms. The van der Waals surface area contributed by atoms with Gasteiger partial charge in [0.1, 0.15) is 11.6 Å². The highest BCUT2D eigenvalue weighted by Gasteiger charge is 2.40. The van der Waals surface area contributed by atoms with Gasteiger partial charge < -0.3 is 14.7 Å². The Kier molecular flexibility index (Phi) is 8.20. The van der Waals surface area contributed by atoms with Crippen LogP contribution < -0.4 is 9.04 Å². The second kappa shape index (κ2) is 11.3. The number of sulfonamides is 1. The molecule has 208 valence electrons. The van der Waals surface area contributed by atoms with Crippen LogP contribution in [0.25, 0.3) is 11.1 Å². The number of carbonyl (C=O) groups is 1. The number of ether oxygens (including phenoxy) is 1. The van der Waals surface area contributed by atoms with E-state index in [0.717, 1.165) is 0 Å². The fourth-order valence-electron chi connectivity index (χ4n) is 5.29. The number of nitrogens with zero attached hydrogens (tertiary/aromatic N) is 2. The molecule has 1 aliphatic rings. The summed E-state index contributed by atoms with van der Waals surface area (Å²) in [4.78, 5) is 13.6. The minimum atomic E-state index is -4.06. The summed E-state index contributed by atoms with van der Waals surface area (Å²) < 4.78 is 50.2. The third kappa shape index (κ3) is 6.03. The van der Waals surface area contributed by atoms with Crippen LogP contribution in [0, 0.1) is 17.2 Å². The van der Waals surface area contributed by atoms with Crippen molar-refractivity contribution < 1.29 is 27.4 Å². The Hall–Kier alpha value is -3.59. The van der Waals surface area contributed by atoms with Crippen LogP contribution in [0.1, 0.15) is 33.6 Å². The summed E-state index contributed by atoms with van der Waals surface area (Å²) in [6.07, 6.45) is 0.0336. The number of methoxy groups -OCH3 is 1. The summed E-state index contributed by atoms with van der Waals surface area (Å²) >= 11 is 0. The molecular formula is C30H35FN2O5S. The molecule has 39 heavy (non-hydrogen) atoms. The van der Waals surface area contributed by atoms with Crippen LogP contribution in [0.2, 0.25) is 0 Å². The van der Waals surface area contributed by atoms with E-state index in [1.807, 2.05) is 20.8 Å². The normalized spacial score (nSPS) is 18.0. The van der Waals surface area contributed by atoms with Crippen LogP contribution in [0.3, 0.4) is 0 Å². The third-order valence-corrected chi connectivity index (χ3v) is 9.14. The summed E-state index contributed by atoms with van der Waals surface area (Å²) in [6, 6.07) is 19.1. The van der Waals surface area contributed by atoms with Crippen molar-refractivity contribution in [2.75, 3.05) is 24.5 Å². The van der Waals surface area contributed by atoms with E-state index < -0.39 is 21.9 Å². The first-order valence-corrected chi connectivity index (χ1v) is 14.4. The van der Waals surface area contributed by atoms with Crippen molar-refractivity contribution in [3.8, 4) is 16.9 Å². The standard InChI is InChI=1S/C30H35FN2O5S/c1-30(2,3)28-18-21(16-17-32(28)29(34)35)20-33(39(36,37)23-10-6-5-7-11-23)27-15-14-22(38-4)19-25(27)24-12-8-9-13-26(24)31/h5-15,19,21,28H,16-18,20H2,1-4H3,(H,34,35). The Morgan fingerprint density at radius 3 is 2.33 bits per heavy atom. The van der Waals surface area contributed by atoms with Crippen LogP contribution >= 0.6 is 0 Å². The first-order chi connectivity index (χ1) is 18.4. The second-order valence-corrected chi connectivity index (χ2v) is 12.8. The molecule has 4 rings (SSSR count). The minimum absolute atomic E-state index is 0.116. The molecule has 1 fully saturated rings. The van der Waals surface area contributed by atoms with Crippen molar-refractivity contribution in [2.24, 2.45) is 11.3 Å². The van der Waals surface area contributed by atoms with Crippen LogP contribution in [-0.2, 0) is 10.0 Å². The fourth-order valence-corrected chi connectivity index (χ4v) is 6.87. The van der Waals surface area contributed by atoms with E-state index in [2.05, 4.69) is 0 Å². The third-order valence-electron chi connectivity index (χ3n) is 7.35. The van der Waals surface area contributed by atoms with Gasteiger partial charge >= 0.3 is 6.09 Å². The van der Waals surface area contributed by atoms with Crippen molar-refractivity contribution >= 4 is 21.8 Å². The van der Waals surface area contributed by atoms with Crippen molar-refractivity contribution in [1.82, 2.24) is 4.90 Å². The Morgan fingerprint density at radius 2 is 1.72 bits per heavy atom. The molecular weight excluding hydrogens is 519 g/mol. The summed E-state index contributed by atoms with van der Waals surface area (Å²) in [5.74, 6) is -0.137. The predicted octanol–water partition coefficient (Wildman–Crippen LogP) is 6.50. The number of anilines is 1. The van der Waals surface area contributed by atoms with Gasteiger partial charge in [-0.05, 0) is 60.6 Å². The molecule has 1 N–H and O–H groups in total. The van der Waals surface area contributed by atoms with Crippen molar-refractivity contribution in [3.05, 3.63) is 78.6 Å². The van der Waals surface area contributed by atoms with Crippen LogP contribution in [0.4, 0.5) is 14.9 Å². The lowest BCUT2D eigenvalue weighted by atomic mass is 9.77. The number of hydrogen-bond acceptors (Lipinski definition) is 4. The average molecular weight is 555 g/mol. The van der Waals surface area contributed by atoms with E-state index in [1.54, 1.807) is 66.7 Å². The van der Waals surface area contributed by atoms with E-state index in [4.69, 9.17) is 4.74 Å². The highest BCUT2D eigenvalue weighted by atomic mass is 32.2. The van der Waals surface area contributed by atoms with E-state index in [-0.39, 0.29) is 34.4 Å². The molecule has 9 heteroatoms. The number of amides is 1. The van der Waals surface area contributed by atoms with Gasteiger partial charge in [0.2, 0.25) is 0 Å². The van der Waals surface area contributed by atoms with Gasteiger partial charge in [-0.3, -0.25) is 4.31 Å². The molecule has 0 aliphatic carbocycles. The molecule has 0 aromatic heterocycles. The first-order valence-electron chi connectivity index (χ1n) is 12.9. The number of hydrogen-bond donors (Lipinski definition) is 1. The maximum atomic E-state index is 15.1. The molecule has 1 saturated heterocycles. The molecule has 2 unspecified atom stereocenters. The zero-order chi connectivity index (χ0) is 28.4. The molecule has 0 spiro atoms. The van der Waals surface area contributed by atoms with E-state index in [9.17, 15) is 18.3 Å². The SMILES string of the molecule is COc1ccc(N(CC2CCN(C(=O)O)C(C(C)(C)C)C2)S(=O)(=O)c2ccccc2)c(-c2ccccc2F)c1. The summed E-state index contributed by atoms with van der Waals surface area (Å²) in [5.41, 5.74) is 0.645. The summed E-state index contributed by atoms with van der Waals surface area (Å²) in [5, 5.41) is 9.81. The van der Waals surface area contributed by atoms with Gasteiger partial charge in [0.05, 0.1) is 17.7 Å². The van der Waals surface area contributed by atoms with Gasteiger partial charge in [-0.25, -0.2) is 17.6 Å². The molecule has 1 aliphatic heterocycles. The predicted molar refractivity (Wildman–Crippen MR) is 150 cm³/mol. The Morgan fingerprint density at radius 1 is 1.05 bits per heavy atom. The fraction of sp³-hybridized carbons (Fsp3) is 0.367. The van der Waals surface area contributed by atoms with Gasteiger partial charge in [0, 0.05) is 30.3 Å². The second-order valence-electron chi connectivity index (χ2n) is 11.0. The quantitative estimate of drug-likeness (QED) is 0.360. The Labute approximate surface area is 229 Å². The topological polar surface area (TPSA) is 87.2 Å². The van der Waals surface area contributed by atoms with Gasteiger partial charge in [0.15, 0.2) is 0 Å². The number of benzene rings is 3. The highest BCUT2D eigenvalue weighted by Crippen LogP contribution is 2.41. The molecule has 2 atom stereocenters. The number of halogens is 1. The zero-order valence-corrected chi connectivity index (χ0v) is 23.5. The maximum absolute atomic E-state index is 15.1. The van der Waals surface area contributed by atoms with Crippen molar-refractivity contribution in [2.45, 2.75) is 44.6 Å². The van der Waals surface area contributed by atoms with E-state index >= 15 is 4.39 Å². The lowest BCUT2D eigenvalue weighted by Gasteiger charge is -2.45. The van der Waals surface area contributed by atoms with Gasteiger partial charge in [0.25, 0.3) is 10.0 Å². The highest BCUT2D eigenvalue weighted by molar-refractivity contribution is 7.92. The largest absolute Gasteiger partial charge is 0.497 e. The molecule has 0 saturated carbocycles. The summed E-state index contributed by atoms with van der Waals surface area (Å²) in [7, 11) is -2.56. The monoisotopic (exact) mass is 554 g/mol. The Bertz CT molecular complexity index is 1420. The van der Waals surface area contributed by atoms with Crippen molar-refractivity contribution in [1.29, 1.82) is 0 Å². The van der Waals surface area contributed by atoms with E-state index in [1.165, 1.54) is 22.4 Å². The first kappa shape index (κ1) is 28.4. The molecule has 3 aromatic carbocycles. The molecule has 1 amide bonds. The van der Waals surface area contributed by atoms with Gasteiger partial charge in [-0.2, -0.15) is 0 Å². The van der Waals surface area contributed by atoms with Crippen LogP contribution in [0.5, 0.6) is 5.75 Å². The van der Waals surface area contributed by atoms with Gasteiger partial charge in [-0.1, -0.05) is 57.2 Å². The Balaban J connectivity index is 1.84. The lowest BCUT2D eigenvalue weighted by Crippen LogP contribution is -2.53. The molecule has 0 radical (unpaired) electrons. The lowest BCUT2D eigenvalue weighted by molar-refractivity contribution is 0.0423. The minimum Gasteiger partial charge on any atom is -0.497 e. The van der Waals surface area contributed by atoms with E-state index in [0.29, 0.717) is 36.4 Å². The molecule has 3 aromatic rings. The number of piperidine rings is 1. The molecule has 1 heterocycles. The number of likely N-dealkylation sites (tertiary alicyclic amines) is 1. The number of carboxylic acid groups (broad SMARTS) is 1. The van der Waals surface area contributed by atoms with Crippen molar-refractivity contribution in [3.63, 3.8) is 0 Å². The smallest absolute Gasteiger partial charge is 0.407 e. The zero-order valence-electron chi connectivity index (χ0n) is 22.7. The van der Waals surface area contributed by atoms with Crippen LogP contribution in [0.15, 0.2) is 77.7 Å². The van der Waals surface area contributed by atoms with Gasteiger partial charge in [-0.15, -0.1) is 0 Å².